The van der Waals surface area contributed by atoms with E-state index in [1.165, 1.54) is 0 Å². The molecule has 21 heavy (non-hydrogen) atoms. The van der Waals surface area contributed by atoms with Gasteiger partial charge in [0.1, 0.15) is 11.4 Å². The minimum Gasteiger partial charge on any atom is -0.493 e. The van der Waals surface area contributed by atoms with Crippen molar-refractivity contribution >= 4 is 6.09 Å². The van der Waals surface area contributed by atoms with Crippen LogP contribution in [0.5, 0.6) is 5.88 Å². The summed E-state index contributed by atoms with van der Waals surface area (Å²) in [6, 6.07) is 1.03. The molecular formula is C14H21N3O4. The zero-order valence-electron chi connectivity index (χ0n) is 12.5. The summed E-state index contributed by atoms with van der Waals surface area (Å²) in [7, 11) is 0. The number of nitrogens with zero attached hydrogens (tertiary/aromatic N) is 2. The number of amides is 1. The second kappa shape index (κ2) is 5.75. The number of carbonyl (C=O) groups is 1. The highest BCUT2D eigenvalue weighted by atomic mass is 16.6. The average Bonchev–Trinajstić information content (AvgIpc) is 2.36. The van der Waals surface area contributed by atoms with Crippen LogP contribution < -0.4 is 5.56 Å². The minimum absolute atomic E-state index is 0.105. The first-order chi connectivity index (χ1) is 9.74. The van der Waals surface area contributed by atoms with Crippen LogP contribution in [-0.4, -0.2) is 44.8 Å². The molecule has 0 aliphatic carbocycles. The number of aromatic nitrogens is 2. The summed E-state index contributed by atoms with van der Waals surface area (Å²) in [5.41, 5.74) is -0.936. The fourth-order valence-electron chi connectivity index (χ4n) is 2.35. The number of rotatable bonds is 1. The van der Waals surface area contributed by atoms with Gasteiger partial charge in [-0.2, -0.15) is 4.98 Å². The first-order valence-electron chi connectivity index (χ1n) is 7.03. The van der Waals surface area contributed by atoms with Crippen LogP contribution in [0.15, 0.2) is 10.9 Å². The molecule has 1 aliphatic rings. The lowest BCUT2D eigenvalue weighted by Crippen LogP contribution is -2.42. The molecule has 7 heteroatoms. The topological polar surface area (TPSA) is 95.5 Å². The number of hydrogen-bond donors (Lipinski definition) is 2. The Hall–Kier alpha value is -2.05. The van der Waals surface area contributed by atoms with Crippen LogP contribution in [0.3, 0.4) is 0 Å². The molecule has 0 bridgehead atoms. The summed E-state index contributed by atoms with van der Waals surface area (Å²) in [5.74, 6) is 0.00229. The highest BCUT2D eigenvalue weighted by molar-refractivity contribution is 5.68. The molecule has 1 aliphatic heterocycles. The predicted molar refractivity (Wildman–Crippen MR) is 76.3 cm³/mol. The summed E-state index contributed by atoms with van der Waals surface area (Å²) in [5, 5.41) is 9.42. The molecule has 1 unspecified atom stereocenters. The number of piperidine rings is 1. The van der Waals surface area contributed by atoms with Gasteiger partial charge < -0.3 is 19.7 Å². The van der Waals surface area contributed by atoms with Gasteiger partial charge in [0.25, 0.3) is 5.56 Å². The van der Waals surface area contributed by atoms with Gasteiger partial charge in [-0.05, 0) is 33.6 Å². The van der Waals surface area contributed by atoms with Gasteiger partial charge in [0.15, 0.2) is 0 Å². The summed E-state index contributed by atoms with van der Waals surface area (Å²) < 4.78 is 5.35. The maximum atomic E-state index is 12.1. The van der Waals surface area contributed by atoms with Gasteiger partial charge in [0.2, 0.25) is 5.88 Å². The average molecular weight is 295 g/mol. The Labute approximate surface area is 123 Å². The van der Waals surface area contributed by atoms with Crippen molar-refractivity contribution in [3.05, 3.63) is 22.2 Å². The van der Waals surface area contributed by atoms with Crippen LogP contribution in [0.1, 0.15) is 45.4 Å². The Kier molecular flexibility index (Phi) is 4.20. The minimum atomic E-state index is -0.540. The van der Waals surface area contributed by atoms with Crippen LogP contribution in [0.2, 0.25) is 0 Å². The monoisotopic (exact) mass is 295 g/mol. The Morgan fingerprint density at radius 2 is 2.24 bits per heavy atom. The second-order valence-electron chi connectivity index (χ2n) is 6.25. The van der Waals surface area contributed by atoms with Gasteiger partial charge in [-0.15, -0.1) is 0 Å². The molecule has 0 aromatic carbocycles. The van der Waals surface area contributed by atoms with E-state index >= 15 is 0 Å². The lowest BCUT2D eigenvalue weighted by molar-refractivity contribution is 0.0196. The van der Waals surface area contributed by atoms with E-state index < -0.39 is 11.2 Å². The Morgan fingerprint density at radius 3 is 2.86 bits per heavy atom. The molecule has 1 aromatic rings. The van der Waals surface area contributed by atoms with Gasteiger partial charge in [-0.25, -0.2) is 4.79 Å². The number of nitrogens with one attached hydrogen (secondary N) is 1. The van der Waals surface area contributed by atoms with E-state index in [0.717, 1.165) is 18.9 Å². The van der Waals surface area contributed by atoms with E-state index in [9.17, 15) is 14.7 Å². The number of hydrogen-bond acceptors (Lipinski definition) is 5. The molecule has 1 amide bonds. The number of carbonyl (C=O) groups excluding carboxylic acids is 1. The summed E-state index contributed by atoms with van der Waals surface area (Å²) in [6.45, 7) is 6.50. The van der Waals surface area contributed by atoms with Gasteiger partial charge in [-0.1, -0.05) is 0 Å². The maximum absolute atomic E-state index is 12.1. The van der Waals surface area contributed by atoms with E-state index in [1.807, 2.05) is 20.8 Å². The molecule has 2 heterocycles. The summed E-state index contributed by atoms with van der Waals surface area (Å²) in [6.07, 6.45) is 1.23. The third kappa shape index (κ3) is 4.21. The highest BCUT2D eigenvalue weighted by Crippen LogP contribution is 2.25. The molecule has 7 nitrogen and oxygen atoms in total. The third-order valence-electron chi connectivity index (χ3n) is 3.21. The molecule has 0 saturated carbocycles. The Balaban J connectivity index is 2.10. The van der Waals surface area contributed by atoms with Crippen molar-refractivity contribution in [1.82, 2.24) is 14.9 Å². The molecule has 0 spiro atoms. The van der Waals surface area contributed by atoms with Crippen molar-refractivity contribution in [2.45, 2.75) is 45.1 Å². The zero-order valence-corrected chi connectivity index (χ0v) is 12.5. The molecule has 1 fully saturated rings. The van der Waals surface area contributed by atoms with Crippen molar-refractivity contribution in [2.75, 3.05) is 13.1 Å². The molecule has 1 saturated heterocycles. The van der Waals surface area contributed by atoms with E-state index in [4.69, 9.17) is 4.74 Å². The first kappa shape index (κ1) is 15.3. The maximum Gasteiger partial charge on any atom is 0.410 e. The Morgan fingerprint density at radius 1 is 1.52 bits per heavy atom. The van der Waals surface area contributed by atoms with Gasteiger partial charge in [-0.3, -0.25) is 4.79 Å². The van der Waals surface area contributed by atoms with Crippen molar-refractivity contribution in [1.29, 1.82) is 0 Å². The number of aromatic hydroxyl groups is 1. The summed E-state index contributed by atoms with van der Waals surface area (Å²) >= 11 is 0. The molecule has 2 N–H and O–H groups in total. The third-order valence-corrected chi connectivity index (χ3v) is 3.21. The smallest absolute Gasteiger partial charge is 0.410 e. The lowest BCUT2D eigenvalue weighted by Gasteiger charge is -2.33. The molecular weight excluding hydrogens is 274 g/mol. The van der Waals surface area contributed by atoms with Crippen LogP contribution in [0.4, 0.5) is 4.79 Å². The zero-order chi connectivity index (χ0) is 15.6. The van der Waals surface area contributed by atoms with Crippen LogP contribution in [0, 0.1) is 0 Å². The normalized spacial score (nSPS) is 19.4. The molecule has 1 atom stereocenters. The SMILES string of the molecule is CC(C)(C)OC(=O)N1CCCC(c2nc(O)cc(=O)[nH]2)C1. The number of aromatic amines is 1. The van der Waals surface area contributed by atoms with Crippen molar-refractivity contribution < 1.29 is 14.6 Å². The Bertz CT molecular complexity index is 576. The molecule has 2 rings (SSSR count). The molecule has 116 valence electrons. The lowest BCUT2D eigenvalue weighted by atomic mass is 9.97. The number of ether oxygens (including phenoxy) is 1. The largest absolute Gasteiger partial charge is 0.493 e. The fourth-order valence-corrected chi connectivity index (χ4v) is 2.35. The van der Waals surface area contributed by atoms with E-state index in [1.54, 1.807) is 4.90 Å². The molecule has 0 radical (unpaired) electrons. The van der Waals surface area contributed by atoms with E-state index in [-0.39, 0.29) is 17.9 Å². The standard InChI is InChI=1S/C14H21N3O4/c1-14(2,3)21-13(20)17-6-4-5-9(8-17)12-15-10(18)7-11(19)16-12/h7,9H,4-6,8H2,1-3H3,(H2,15,16,18,19). The summed E-state index contributed by atoms with van der Waals surface area (Å²) in [4.78, 5) is 31.7. The highest BCUT2D eigenvalue weighted by Gasteiger charge is 2.29. The van der Waals surface area contributed by atoms with Crippen LogP contribution in [0.25, 0.3) is 0 Å². The van der Waals surface area contributed by atoms with E-state index in [0.29, 0.717) is 18.9 Å². The number of H-pyrrole nitrogens is 1. The second-order valence-corrected chi connectivity index (χ2v) is 6.25. The van der Waals surface area contributed by atoms with E-state index in [2.05, 4.69) is 9.97 Å². The molecule has 1 aromatic heterocycles. The fraction of sp³-hybridized carbons (Fsp3) is 0.643. The van der Waals surface area contributed by atoms with Crippen molar-refractivity contribution in [2.24, 2.45) is 0 Å². The number of likely N-dealkylation sites (tertiary alicyclic amines) is 1. The van der Waals surface area contributed by atoms with Gasteiger partial charge in [0.05, 0.1) is 6.07 Å². The van der Waals surface area contributed by atoms with Crippen LogP contribution in [-0.2, 0) is 4.74 Å². The first-order valence-corrected chi connectivity index (χ1v) is 7.03. The quantitative estimate of drug-likeness (QED) is 0.820. The van der Waals surface area contributed by atoms with Crippen molar-refractivity contribution in [3.8, 4) is 5.88 Å². The van der Waals surface area contributed by atoms with Crippen molar-refractivity contribution in [3.63, 3.8) is 0 Å². The van der Waals surface area contributed by atoms with Gasteiger partial charge in [0, 0.05) is 19.0 Å². The van der Waals surface area contributed by atoms with Crippen LogP contribution >= 0.6 is 0 Å². The predicted octanol–water partition coefficient (Wildman–Crippen LogP) is 1.59. The van der Waals surface area contributed by atoms with Gasteiger partial charge >= 0.3 is 6.09 Å².